The maximum absolute atomic E-state index is 14.5. The fourth-order valence-corrected chi connectivity index (χ4v) is 17.6. The molecule has 0 aromatic heterocycles. The monoisotopic (exact) mass is 741 g/mol. The number of hydrogen-bond acceptors (Lipinski definition) is 8. The number of para-hydroxylation sites is 1. The lowest BCUT2D eigenvalue weighted by Crippen LogP contribution is -2.83. The molecule has 1 spiro atoms. The summed E-state index contributed by atoms with van der Waals surface area (Å²) in [6.07, 6.45) is 11.5. The number of piperidine rings is 4. The van der Waals surface area contributed by atoms with Gasteiger partial charge < -0.3 is 29.7 Å². The molecule has 54 heavy (non-hydrogen) atoms. The lowest BCUT2D eigenvalue weighted by atomic mass is 9.43. The molecule has 5 bridgehead atoms. The molecule has 1 aromatic carbocycles. The highest BCUT2D eigenvalue weighted by Crippen LogP contribution is 2.73. The van der Waals surface area contributed by atoms with Crippen LogP contribution in [0.3, 0.4) is 0 Å². The molecule has 292 valence electrons. The molecular formula is C45H61N2O7+. The van der Waals surface area contributed by atoms with Crippen LogP contribution in [0.5, 0.6) is 0 Å². The maximum atomic E-state index is 14.5. The molecule has 9 fully saturated rings. The van der Waals surface area contributed by atoms with E-state index in [2.05, 4.69) is 57.0 Å². The Bertz CT molecular complexity index is 1830. The first-order valence-electron chi connectivity index (χ1n) is 21.7. The summed E-state index contributed by atoms with van der Waals surface area (Å²) in [7, 11) is 2.17. The number of aliphatic hydroxyl groups is 3. The number of fused-ring (bicyclic) bond motifs is 7. The van der Waals surface area contributed by atoms with E-state index in [0.717, 1.165) is 82.6 Å². The predicted octanol–water partition coefficient (Wildman–Crippen LogP) is 5.24. The molecule has 5 saturated carbocycles. The average molecular weight is 742 g/mol. The Balaban J connectivity index is 0.829. The zero-order valence-corrected chi connectivity index (χ0v) is 32.7. The predicted molar refractivity (Wildman–Crippen MR) is 201 cm³/mol. The zero-order chi connectivity index (χ0) is 37.3. The van der Waals surface area contributed by atoms with Crippen molar-refractivity contribution in [3.63, 3.8) is 0 Å². The van der Waals surface area contributed by atoms with Gasteiger partial charge in [-0.3, -0.25) is 4.48 Å². The summed E-state index contributed by atoms with van der Waals surface area (Å²) in [5, 5.41) is 37.5. The van der Waals surface area contributed by atoms with Crippen LogP contribution < -0.4 is 4.90 Å². The third-order valence-electron chi connectivity index (χ3n) is 19.8. The second kappa shape index (κ2) is 11.1. The molecule has 6 aliphatic heterocycles. The van der Waals surface area contributed by atoms with Gasteiger partial charge in [-0.25, -0.2) is 9.59 Å². The molecule has 9 heteroatoms. The number of rotatable bonds is 5. The normalized spacial score (nSPS) is 54.4. The van der Waals surface area contributed by atoms with Crippen molar-refractivity contribution in [2.24, 2.45) is 52.3 Å². The van der Waals surface area contributed by atoms with Crippen molar-refractivity contribution in [1.29, 1.82) is 0 Å². The van der Waals surface area contributed by atoms with E-state index >= 15 is 0 Å². The van der Waals surface area contributed by atoms with E-state index in [1.165, 1.54) is 11.3 Å². The van der Waals surface area contributed by atoms with Crippen LogP contribution in [0.1, 0.15) is 103 Å². The van der Waals surface area contributed by atoms with Gasteiger partial charge in [0.1, 0.15) is 18.8 Å². The number of ether oxygens (including phenoxy) is 2. The minimum Gasteiger partial charge on any atom is -0.458 e. The standard InChI is InChI=1S/C45H61N2O7/c1-5-27-28-20-34-39-44(32-8-6-7-9-33(32)46(39)4)21-35(38(28)40(44)50)47(34,41(27)51)22-37(49)54-26-12-15-42(2)25(19-26)10-11-31-30(42)13-16-43(3)29(14-17-45(31,43)52)24-18-36(48)53-23-24/h6-9,18,25-31,34-35,38-41,50-52H,5,10-17,19-23H2,1-4H3/q+1/t25-,26+,27+,28-,29-,30-,31-,34+,35+,38-,39+,40-,41-,42+,43-,44-,45+,47-/m1/s1. The largest absolute Gasteiger partial charge is 0.458 e. The summed E-state index contributed by atoms with van der Waals surface area (Å²) < 4.78 is 12.3. The molecule has 6 heterocycles. The van der Waals surface area contributed by atoms with Crippen LogP contribution in [0.15, 0.2) is 35.9 Å². The minimum atomic E-state index is -0.739. The highest BCUT2D eigenvalue weighted by molar-refractivity contribution is 5.85. The Morgan fingerprint density at radius 1 is 1.02 bits per heavy atom. The molecule has 4 saturated heterocycles. The topological polar surface area (TPSA) is 117 Å². The number of anilines is 1. The Hall–Kier alpha value is -2.46. The summed E-state index contributed by atoms with van der Waals surface area (Å²) in [4.78, 5) is 28.8. The van der Waals surface area contributed by atoms with Crippen LogP contribution in [0.2, 0.25) is 0 Å². The number of hydrogen-bond donors (Lipinski definition) is 3. The van der Waals surface area contributed by atoms with Gasteiger partial charge in [0.25, 0.3) is 0 Å². The highest BCUT2D eigenvalue weighted by atomic mass is 16.5. The number of cyclic esters (lactones) is 1. The number of benzene rings is 1. The molecule has 0 unspecified atom stereocenters. The van der Waals surface area contributed by atoms with Gasteiger partial charge >= 0.3 is 11.9 Å². The molecule has 11 aliphatic rings. The van der Waals surface area contributed by atoms with Gasteiger partial charge in [-0.1, -0.05) is 39.0 Å². The van der Waals surface area contributed by atoms with E-state index in [0.29, 0.717) is 22.9 Å². The van der Waals surface area contributed by atoms with Crippen LogP contribution in [-0.2, 0) is 24.5 Å². The summed E-state index contributed by atoms with van der Waals surface area (Å²) >= 11 is 0. The van der Waals surface area contributed by atoms with E-state index in [9.17, 15) is 24.9 Å². The van der Waals surface area contributed by atoms with Gasteiger partial charge in [0.15, 0.2) is 12.8 Å². The fraction of sp³-hybridized carbons (Fsp3) is 0.778. The van der Waals surface area contributed by atoms with E-state index in [1.54, 1.807) is 6.08 Å². The second-order valence-corrected chi connectivity index (χ2v) is 20.7. The number of quaternary nitrogens is 1. The molecule has 5 aliphatic carbocycles. The Morgan fingerprint density at radius 3 is 2.61 bits per heavy atom. The van der Waals surface area contributed by atoms with Crippen molar-refractivity contribution in [1.82, 2.24) is 0 Å². The molecule has 1 aromatic rings. The number of carbonyl (C=O) groups is 2. The second-order valence-electron chi connectivity index (χ2n) is 20.7. The summed E-state index contributed by atoms with van der Waals surface area (Å²) in [5.41, 5.74) is 2.28. The van der Waals surface area contributed by atoms with Crippen LogP contribution in [0.25, 0.3) is 0 Å². The van der Waals surface area contributed by atoms with Gasteiger partial charge in [-0.2, -0.15) is 0 Å². The van der Waals surface area contributed by atoms with Crippen LogP contribution in [0.4, 0.5) is 5.69 Å². The van der Waals surface area contributed by atoms with Crippen molar-refractivity contribution in [3.8, 4) is 0 Å². The number of likely N-dealkylation sites (N-methyl/N-ethyl adjacent to an activating group) is 1. The molecule has 12 rings (SSSR count). The zero-order valence-electron chi connectivity index (χ0n) is 32.7. The lowest BCUT2D eigenvalue weighted by Gasteiger charge is -2.67. The highest BCUT2D eigenvalue weighted by Gasteiger charge is 2.83. The Morgan fingerprint density at radius 2 is 1.83 bits per heavy atom. The van der Waals surface area contributed by atoms with Gasteiger partial charge in [0.05, 0.1) is 29.2 Å². The van der Waals surface area contributed by atoms with Crippen molar-refractivity contribution in [3.05, 3.63) is 41.5 Å². The van der Waals surface area contributed by atoms with Crippen molar-refractivity contribution in [2.75, 3.05) is 25.1 Å². The maximum Gasteiger partial charge on any atom is 0.362 e. The molecule has 0 amide bonds. The average Bonchev–Trinajstić information content (AvgIpc) is 3.83. The smallest absolute Gasteiger partial charge is 0.362 e. The van der Waals surface area contributed by atoms with Crippen LogP contribution >= 0.6 is 0 Å². The number of esters is 2. The van der Waals surface area contributed by atoms with Gasteiger partial charge in [0, 0.05) is 48.9 Å². The quantitative estimate of drug-likeness (QED) is 0.278. The van der Waals surface area contributed by atoms with Crippen molar-refractivity contribution in [2.45, 2.75) is 145 Å². The molecule has 0 radical (unpaired) electrons. The molecule has 9 nitrogen and oxygen atoms in total. The first-order chi connectivity index (χ1) is 25.8. The Labute approximate surface area is 320 Å². The molecule has 3 N–H and O–H groups in total. The number of aliphatic hydroxyl groups excluding tert-OH is 2. The summed E-state index contributed by atoms with van der Waals surface area (Å²) in [6, 6.07) is 8.74. The summed E-state index contributed by atoms with van der Waals surface area (Å²) in [5.74, 6) is 1.32. The van der Waals surface area contributed by atoms with Crippen molar-refractivity contribution >= 4 is 17.6 Å². The van der Waals surface area contributed by atoms with E-state index < -0.39 is 17.9 Å². The first-order valence-corrected chi connectivity index (χ1v) is 21.7. The van der Waals surface area contributed by atoms with Crippen LogP contribution in [0, 0.1) is 52.3 Å². The molecular weight excluding hydrogens is 681 g/mol. The number of carbonyl (C=O) groups excluding carboxylic acids is 2. The van der Waals surface area contributed by atoms with E-state index in [-0.39, 0.29) is 88.5 Å². The third kappa shape index (κ3) is 3.88. The third-order valence-corrected chi connectivity index (χ3v) is 19.8. The first kappa shape index (κ1) is 34.8. The van der Waals surface area contributed by atoms with E-state index in [1.807, 2.05) is 0 Å². The minimum absolute atomic E-state index is 0.0370. The summed E-state index contributed by atoms with van der Waals surface area (Å²) in [6.45, 7) is 7.48. The van der Waals surface area contributed by atoms with Gasteiger partial charge in [-0.05, 0) is 116 Å². The van der Waals surface area contributed by atoms with E-state index in [4.69, 9.17) is 9.47 Å². The number of nitrogens with zero attached hydrogens (tertiary/aromatic N) is 2. The molecule has 18 atom stereocenters. The SMILES string of the molecule is CC[C@H]1[C@H]2C[C@H]3[C@@H]4N(C)c5ccccc5[C@]45C[C@@H]([C@@H]2[C@H]5O)[N@+]3(CC(=O)O[C@H]2CC[C@@]3(C)[C@H](CC[C@@H]4[C@H]3CC[C@]3(C)[C@@H](C5=CC(=O)OC5)CC[C@]43O)C2)[C@@H]1O. The Kier molecular flexibility index (Phi) is 7.17. The lowest BCUT2D eigenvalue weighted by molar-refractivity contribution is -1.03. The fourth-order valence-electron chi connectivity index (χ4n) is 17.6. The van der Waals surface area contributed by atoms with Crippen LogP contribution in [-0.4, -0.2) is 94.1 Å². The van der Waals surface area contributed by atoms with Crippen molar-refractivity contribution < 1.29 is 38.9 Å². The van der Waals surface area contributed by atoms with Gasteiger partial charge in [0.2, 0.25) is 0 Å². The van der Waals surface area contributed by atoms with Gasteiger partial charge in [-0.15, -0.1) is 0 Å².